The molecule has 0 unspecified atom stereocenters. The molecule has 138 valence electrons. The quantitative estimate of drug-likeness (QED) is 0.713. The number of likely N-dealkylation sites (tertiary alicyclic amines) is 1. The smallest absolute Gasteiger partial charge is 0.0601 e. The summed E-state index contributed by atoms with van der Waals surface area (Å²) >= 11 is 0. The topological polar surface area (TPSA) is 29.3 Å². The third-order valence-electron chi connectivity index (χ3n) is 6.13. The van der Waals surface area contributed by atoms with Crippen LogP contribution in [0.15, 0.2) is 91.0 Å². The maximum Gasteiger partial charge on any atom is 0.0601 e. The Morgan fingerprint density at radius 2 is 1.15 bits per heavy atom. The first kappa shape index (κ1) is 18.0. The molecular weight excluding hydrogens is 328 g/mol. The predicted octanol–water partition coefficient (Wildman–Crippen LogP) is 4.77. The van der Waals surface area contributed by atoms with E-state index in [1.54, 1.807) is 0 Å². The molecule has 0 amide bonds. The summed E-state index contributed by atoms with van der Waals surface area (Å²) in [7, 11) is 0. The molecule has 2 N–H and O–H groups in total. The van der Waals surface area contributed by atoms with Crippen LogP contribution in [0, 0.1) is 0 Å². The van der Waals surface area contributed by atoms with Crippen molar-refractivity contribution in [3.63, 3.8) is 0 Å². The van der Waals surface area contributed by atoms with Crippen molar-refractivity contribution in [1.29, 1.82) is 0 Å². The van der Waals surface area contributed by atoms with Gasteiger partial charge in [0.25, 0.3) is 0 Å². The Morgan fingerprint density at radius 3 is 1.59 bits per heavy atom. The van der Waals surface area contributed by atoms with E-state index in [1.165, 1.54) is 16.7 Å². The summed E-state index contributed by atoms with van der Waals surface area (Å²) in [5.74, 6) is 0. The lowest BCUT2D eigenvalue weighted by atomic mass is 9.72. The van der Waals surface area contributed by atoms with Crippen molar-refractivity contribution >= 4 is 0 Å². The second-order valence-corrected chi connectivity index (χ2v) is 7.61. The molecular formula is C25H28N2. The zero-order chi connectivity index (χ0) is 18.5. The molecule has 1 fully saturated rings. The summed E-state index contributed by atoms with van der Waals surface area (Å²) in [4.78, 5) is 2.63. The molecule has 0 atom stereocenters. The minimum atomic E-state index is 0.107. The first-order chi connectivity index (χ1) is 13.3. The molecule has 0 bridgehead atoms. The van der Waals surface area contributed by atoms with Gasteiger partial charge in [0.1, 0.15) is 0 Å². The van der Waals surface area contributed by atoms with Crippen molar-refractivity contribution in [1.82, 2.24) is 4.90 Å². The minimum absolute atomic E-state index is 0.107. The van der Waals surface area contributed by atoms with Crippen LogP contribution in [0.25, 0.3) is 0 Å². The highest BCUT2D eigenvalue weighted by Crippen LogP contribution is 2.39. The van der Waals surface area contributed by atoms with E-state index in [2.05, 4.69) is 95.9 Å². The van der Waals surface area contributed by atoms with E-state index in [0.29, 0.717) is 12.6 Å². The van der Waals surface area contributed by atoms with Crippen LogP contribution in [-0.2, 0) is 5.41 Å². The van der Waals surface area contributed by atoms with Crippen LogP contribution in [-0.4, -0.2) is 24.5 Å². The Bertz CT molecular complexity index is 782. The summed E-state index contributed by atoms with van der Waals surface area (Å²) in [6.07, 6.45) is 2.20. The molecule has 0 spiro atoms. The average molecular weight is 357 g/mol. The summed E-state index contributed by atoms with van der Waals surface area (Å²) in [5, 5.41) is 0. The predicted molar refractivity (Wildman–Crippen MR) is 113 cm³/mol. The number of hydrogen-bond acceptors (Lipinski definition) is 2. The highest BCUT2D eigenvalue weighted by Gasteiger charge is 2.37. The number of benzene rings is 3. The van der Waals surface area contributed by atoms with Gasteiger partial charge >= 0.3 is 0 Å². The Kier molecular flexibility index (Phi) is 5.38. The van der Waals surface area contributed by atoms with E-state index in [9.17, 15) is 0 Å². The molecule has 3 aromatic carbocycles. The van der Waals surface area contributed by atoms with Gasteiger partial charge in [0.2, 0.25) is 0 Å². The number of piperidine rings is 1. The van der Waals surface area contributed by atoms with Crippen molar-refractivity contribution < 1.29 is 0 Å². The third-order valence-corrected chi connectivity index (χ3v) is 6.13. The molecule has 1 aliphatic rings. The van der Waals surface area contributed by atoms with Gasteiger partial charge in [0, 0.05) is 12.0 Å². The number of rotatable bonds is 5. The largest absolute Gasteiger partial charge is 0.330 e. The van der Waals surface area contributed by atoms with Gasteiger partial charge in [-0.25, -0.2) is 0 Å². The van der Waals surface area contributed by atoms with Crippen molar-refractivity contribution in [2.75, 3.05) is 19.6 Å². The molecule has 0 aliphatic carbocycles. The fourth-order valence-corrected chi connectivity index (χ4v) is 4.50. The second kappa shape index (κ2) is 8.08. The second-order valence-electron chi connectivity index (χ2n) is 7.61. The SMILES string of the molecule is NCC1(c2ccccc2)CCN(C(c2ccccc2)c2ccccc2)CC1. The molecule has 0 saturated carbocycles. The Labute approximate surface area is 162 Å². The van der Waals surface area contributed by atoms with Crippen LogP contribution < -0.4 is 5.73 Å². The van der Waals surface area contributed by atoms with E-state index >= 15 is 0 Å². The van der Waals surface area contributed by atoms with Gasteiger partial charge in [0.15, 0.2) is 0 Å². The van der Waals surface area contributed by atoms with Crippen LogP contribution in [0.2, 0.25) is 0 Å². The van der Waals surface area contributed by atoms with Crippen molar-refractivity contribution in [3.8, 4) is 0 Å². The van der Waals surface area contributed by atoms with E-state index in [1.807, 2.05) is 0 Å². The van der Waals surface area contributed by atoms with Gasteiger partial charge < -0.3 is 5.73 Å². The van der Waals surface area contributed by atoms with Gasteiger partial charge in [-0.1, -0.05) is 91.0 Å². The lowest BCUT2D eigenvalue weighted by molar-refractivity contribution is 0.133. The van der Waals surface area contributed by atoms with Gasteiger partial charge in [0.05, 0.1) is 6.04 Å². The molecule has 4 rings (SSSR count). The molecule has 0 radical (unpaired) electrons. The van der Waals surface area contributed by atoms with Crippen LogP contribution in [0.5, 0.6) is 0 Å². The van der Waals surface area contributed by atoms with Gasteiger partial charge in [-0.2, -0.15) is 0 Å². The molecule has 3 aromatic rings. The van der Waals surface area contributed by atoms with Crippen LogP contribution in [0.4, 0.5) is 0 Å². The molecule has 2 heteroatoms. The van der Waals surface area contributed by atoms with Gasteiger partial charge in [-0.3, -0.25) is 4.90 Å². The number of nitrogens with zero attached hydrogens (tertiary/aromatic N) is 1. The fourth-order valence-electron chi connectivity index (χ4n) is 4.50. The molecule has 0 aromatic heterocycles. The summed E-state index contributed by atoms with van der Waals surface area (Å²) in [6, 6.07) is 32.9. The minimum Gasteiger partial charge on any atom is -0.330 e. The molecule has 1 aliphatic heterocycles. The molecule has 1 saturated heterocycles. The number of hydrogen-bond donors (Lipinski definition) is 1. The van der Waals surface area contributed by atoms with E-state index in [4.69, 9.17) is 5.73 Å². The highest BCUT2D eigenvalue weighted by molar-refractivity contribution is 5.33. The third kappa shape index (κ3) is 3.69. The molecule has 2 nitrogen and oxygen atoms in total. The Morgan fingerprint density at radius 1 is 0.704 bits per heavy atom. The summed E-state index contributed by atoms with van der Waals surface area (Å²) in [6.45, 7) is 2.83. The monoisotopic (exact) mass is 356 g/mol. The molecule has 27 heavy (non-hydrogen) atoms. The van der Waals surface area contributed by atoms with Crippen LogP contribution >= 0.6 is 0 Å². The van der Waals surface area contributed by atoms with E-state index in [0.717, 1.165) is 25.9 Å². The first-order valence-corrected chi connectivity index (χ1v) is 9.92. The maximum absolute atomic E-state index is 6.30. The maximum atomic E-state index is 6.30. The average Bonchev–Trinajstić information content (AvgIpc) is 2.77. The lowest BCUT2D eigenvalue weighted by Gasteiger charge is -2.44. The fraction of sp³-hybridized carbons (Fsp3) is 0.280. The first-order valence-electron chi connectivity index (χ1n) is 9.92. The highest BCUT2D eigenvalue weighted by atomic mass is 15.2. The standard InChI is InChI=1S/C25H28N2/c26-20-25(23-14-8-3-9-15-23)16-18-27(19-17-25)24(21-10-4-1-5-11-21)22-12-6-2-7-13-22/h1-15,24H,16-20,26H2. The van der Waals surface area contributed by atoms with Crippen molar-refractivity contribution in [2.45, 2.75) is 24.3 Å². The molecule has 1 heterocycles. The Hall–Kier alpha value is -2.42. The van der Waals surface area contributed by atoms with E-state index < -0.39 is 0 Å². The zero-order valence-electron chi connectivity index (χ0n) is 15.8. The van der Waals surface area contributed by atoms with Crippen molar-refractivity contribution in [2.24, 2.45) is 5.73 Å². The van der Waals surface area contributed by atoms with Crippen LogP contribution in [0.1, 0.15) is 35.6 Å². The van der Waals surface area contributed by atoms with E-state index in [-0.39, 0.29) is 5.41 Å². The number of nitrogens with two attached hydrogens (primary N) is 1. The normalized spacial score (nSPS) is 17.1. The summed E-state index contributed by atoms with van der Waals surface area (Å²) < 4.78 is 0. The van der Waals surface area contributed by atoms with Gasteiger partial charge in [-0.15, -0.1) is 0 Å². The zero-order valence-corrected chi connectivity index (χ0v) is 15.8. The van der Waals surface area contributed by atoms with Crippen molar-refractivity contribution in [3.05, 3.63) is 108 Å². The summed E-state index contributed by atoms with van der Waals surface area (Å²) in [5.41, 5.74) is 10.5. The Balaban J connectivity index is 1.61. The lowest BCUT2D eigenvalue weighted by Crippen LogP contribution is -2.47. The van der Waals surface area contributed by atoms with Crippen LogP contribution in [0.3, 0.4) is 0 Å². The van der Waals surface area contributed by atoms with Gasteiger partial charge in [-0.05, 0) is 42.6 Å².